The maximum absolute atomic E-state index is 9.57. The van der Waals surface area contributed by atoms with Crippen molar-refractivity contribution in [3.05, 3.63) is 146 Å². The van der Waals surface area contributed by atoms with Crippen molar-refractivity contribution in [2.45, 2.75) is 0 Å². The van der Waals surface area contributed by atoms with Crippen molar-refractivity contribution in [1.82, 2.24) is 9.13 Å². The van der Waals surface area contributed by atoms with Crippen LogP contribution in [0, 0.1) is 11.3 Å². The predicted molar refractivity (Wildman–Crippen MR) is 178 cm³/mol. The molecule has 0 atom stereocenters. The SMILES string of the molecule is N#C/C=C/C(=C\C=C\n1c2ccccc2c2ccccc21)n1c2ccccc2c2c3ccccc3c3ccccc3c21. The monoisotopic (exact) mass is 535 g/mol. The standard InChI is InChI=1S/C39H25N3/c40-25-11-13-27(14-12-26-41-35-22-8-5-17-30(35)31-18-6-9-23-36(31)41)42-37-24-10-7-21-34(37)38-32-19-3-1-15-28(32)29-16-2-4-20-33(29)39(38)42/h1-24,26H/b13-11+,26-12+,27-14+. The van der Waals surface area contributed by atoms with Crippen LogP contribution in [0.25, 0.3) is 77.1 Å². The smallest absolute Gasteiger partial charge is 0.0912 e. The molecule has 0 aliphatic heterocycles. The Labute approximate surface area is 242 Å². The number of nitriles is 1. The summed E-state index contributed by atoms with van der Waals surface area (Å²) in [6, 6.07) is 45.0. The lowest BCUT2D eigenvalue weighted by Crippen LogP contribution is -1.96. The third-order valence-corrected chi connectivity index (χ3v) is 8.25. The summed E-state index contributed by atoms with van der Waals surface area (Å²) in [7, 11) is 0. The summed E-state index contributed by atoms with van der Waals surface area (Å²) < 4.78 is 4.55. The van der Waals surface area contributed by atoms with E-state index < -0.39 is 0 Å². The number of fused-ring (bicyclic) bond motifs is 11. The first-order valence-electron chi connectivity index (χ1n) is 14.1. The summed E-state index contributed by atoms with van der Waals surface area (Å²) in [5.74, 6) is 0. The number of hydrogen-bond acceptors (Lipinski definition) is 1. The molecular formula is C39H25N3. The van der Waals surface area contributed by atoms with Crippen molar-refractivity contribution >= 4 is 77.1 Å². The molecule has 0 bridgehead atoms. The van der Waals surface area contributed by atoms with E-state index in [2.05, 4.69) is 155 Å². The first-order valence-corrected chi connectivity index (χ1v) is 14.1. The van der Waals surface area contributed by atoms with Gasteiger partial charge in [0.05, 0.1) is 28.1 Å². The van der Waals surface area contributed by atoms with E-state index in [0.717, 1.165) is 27.8 Å². The number of benzene rings is 6. The molecule has 8 aromatic rings. The maximum atomic E-state index is 9.57. The lowest BCUT2D eigenvalue weighted by molar-refractivity contribution is 1.24. The minimum Gasteiger partial charge on any atom is -0.316 e. The van der Waals surface area contributed by atoms with Gasteiger partial charge >= 0.3 is 0 Å². The van der Waals surface area contributed by atoms with E-state index in [-0.39, 0.29) is 0 Å². The van der Waals surface area contributed by atoms with E-state index in [4.69, 9.17) is 0 Å². The highest BCUT2D eigenvalue weighted by Crippen LogP contribution is 2.42. The number of aromatic nitrogens is 2. The zero-order chi connectivity index (χ0) is 28.0. The van der Waals surface area contributed by atoms with E-state index in [1.54, 1.807) is 6.08 Å². The van der Waals surface area contributed by atoms with Crippen LogP contribution in [0.2, 0.25) is 0 Å². The highest BCUT2D eigenvalue weighted by molar-refractivity contribution is 6.32. The fourth-order valence-electron chi connectivity index (χ4n) is 6.56. The first kappa shape index (κ1) is 24.0. The molecule has 2 heterocycles. The second-order valence-corrected chi connectivity index (χ2v) is 10.5. The van der Waals surface area contributed by atoms with Gasteiger partial charge in [-0.3, -0.25) is 0 Å². The van der Waals surface area contributed by atoms with Gasteiger partial charge in [-0.25, -0.2) is 0 Å². The van der Waals surface area contributed by atoms with Gasteiger partial charge in [-0.15, -0.1) is 0 Å². The van der Waals surface area contributed by atoms with E-state index in [0.29, 0.717) is 0 Å². The molecule has 2 aromatic heterocycles. The van der Waals surface area contributed by atoms with Gasteiger partial charge in [-0.2, -0.15) is 5.26 Å². The Balaban J connectivity index is 1.44. The second kappa shape index (κ2) is 9.66. The molecule has 0 radical (unpaired) electrons. The number of rotatable bonds is 4. The molecular weight excluding hydrogens is 510 g/mol. The largest absolute Gasteiger partial charge is 0.316 e. The molecule has 0 saturated heterocycles. The molecule has 0 aliphatic rings. The molecule has 0 spiro atoms. The van der Waals surface area contributed by atoms with Crippen LogP contribution in [0.1, 0.15) is 0 Å². The van der Waals surface area contributed by atoms with Crippen LogP contribution < -0.4 is 0 Å². The molecule has 0 amide bonds. The molecule has 42 heavy (non-hydrogen) atoms. The molecule has 8 rings (SSSR count). The van der Waals surface area contributed by atoms with Gasteiger partial charge in [0.25, 0.3) is 0 Å². The van der Waals surface area contributed by atoms with E-state index in [1.807, 2.05) is 6.08 Å². The van der Waals surface area contributed by atoms with Crippen molar-refractivity contribution in [1.29, 1.82) is 5.26 Å². The zero-order valence-electron chi connectivity index (χ0n) is 22.8. The number of nitrogens with zero attached hydrogens (tertiary/aromatic N) is 3. The van der Waals surface area contributed by atoms with Crippen molar-refractivity contribution in [2.24, 2.45) is 0 Å². The number of para-hydroxylation sites is 3. The van der Waals surface area contributed by atoms with E-state index >= 15 is 0 Å². The molecule has 0 fully saturated rings. The summed E-state index contributed by atoms with van der Waals surface area (Å²) in [6.07, 6.45) is 9.77. The second-order valence-electron chi connectivity index (χ2n) is 10.5. The first-order chi connectivity index (χ1) is 20.8. The Bertz CT molecular complexity index is 2420. The normalized spacial score (nSPS) is 12.7. The fraction of sp³-hybridized carbons (Fsp3) is 0. The maximum Gasteiger partial charge on any atom is 0.0912 e. The summed E-state index contributed by atoms with van der Waals surface area (Å²) in [5, 5.41) is 19.3. The minimum atomic E-state index is 0.917. The molecule has 0 aliphatic carbocycles. The highest BCUT2D eigenvalue weighted by Gasteiger charge is 2.18. The number of hydrogen-bond donors (Lipinski definition) is 0. The molecule has 0 saturated carbocycles. The van der Waals surface area contributed by atoms with Crippen LogP contribution in [0.3, 0.4) is 0 Å². The molecule has 0 unspecified atom stereocenters. The molecule has 3 nitrogen and oxygen atoms in total. The lowest BCUT2D eigenvalue weighted by atomic mass is 9.97. The van der Waals surface area contributed by atoms with Crippen molar-refractivity contribution in [3.63, 3.8) is 0 Å². The summed E-state index contributed by atoms with van der Waals surface area (Å²) >= 11 is 0. The minimum absolute atomic E-state index is 0.917. The van der Waals surface area contributed by atoms with Crippen molar-refractivity contribution < 1.29 is 0 Å². The average molecular weight is 536 g/mol. The summed E-state index contributed by atoms with van der Waals surface area (Å²) in [4.78, 5) is 0. The molecule has 3 heteroatoms. The molecule has 196 valence electrons. The molecule has 6 aromatic carbocycles. The molecule has 0 N–H and O–H groups in total. The van der Waals surface area contributed by atoms with Crippen LogP contribution in [-0.4, -0.2) is 9.13 Å². The third-order valence-electron chi connectivity index (χ3n) is 8.25. The average Bonchev–Trinajstić information content (AvgIpc) is 3.57. The Hall–Kier alpha value is -5.85. The Morgan fingerprint density at radius 2 is 1.05 bits per heavy atom. The van der Waals surface area contributed by atoms with Gasteiger partial charge in [-0.1, -0.05) is 103 Å². The Morgan fingerprint density at radius 1 is 0.548 bits per heavy atom. The van der Waals surface area contributed by atoms with Gasteiger partial charge in [-0.05, 0) is 52.6 Å². The summed E-state index contributed by atoms with van der Waals surface area (Å²) in [6.45, 7) is 0. The van der Waals surface area contributed by atoms with Gasteiger partial charge in [0.15, 0.2) is 0 Å². The van der Waals surface area contributed by atoms with Crippen LogP contribution in [0.4, 0.5) is 0 Å². The zero-order valence-corrected chi connectivity index (χ0v) is 22.8. The predicted octanol–water partition coefficient (Wildman–Crippen LogP) is 10.3. The van der Waals surface area contributed by atoms with Gasteiger partial charge in [0.1, 0.15) is 0 Å². The Kier molecular flexibility index (Phi) is 5.52. The fourth-order valence-corrected chi connectivity index (χ4v) is 6.56. The van der Waals surface area contributed by atoms with Gasteiger partial charge < -0.3 is 9.13 Å². The summed E-state index contributed by atoms with van der Waals surface area (Å²) in [5.41, 5.74) is 5.48. The van der Waals surface area contributed by atoms with Crippen LogP contribution in [0.15, 0.2) is 146 Å². The quantitative estimate of drug-likeness (QED) is 0.125. The van der Waals surface area contributed by atoms with Crippen LogP contribution in [0.5, 0.6) is 0 Å². The Morgan fingerprint density at radius 3 is 1.69 bits per heavy atom. The van der Waals surface area contributed by atoms with Crippen molar-refractivity contribution in [2.75, 3.05) is 0 Å². The van der Waals surface area contributed by atoms with Crippen LogP contribution >= 0.6 is 0 Å². The van der Waals surface area contributed by atoms with Crippen LogP contribution in [-0.2, 0) is 0 Å². The number of allylic oxidation sites excluding steroid dienone is 5. The van der Waals surface area contributed by atoms with Gasteiger partial charge in [0.2, 0.25) is 0 Å². The van der Waals surface area contributed by atoms with Crippen molar-refractivity contribution in [3.8, 4) is 6.07 Å². The highest BCUT2D eigenvalue weighted by atomic mass is 15.0. The lowest BCUT2D eigenvalue weighted by Gasteiger charge is -2.12. The van der Waals surface area contributed by atoms with E-state index in [1.165, 1.54) is 43.1 Å². The van der Waals surface area contributed by atoms with Gasteiger partial charge in [0, 0.05) is 44.9 Å². The topological polar surface area (TPSA) is 33.6 Å². The third kappa shape index (κ3) is 3.53. The van der Waals surface area contributed by atoms with E-state index in [9.17, 15) is 5.26 Å².